The van der Waals surface area contributed by atoms with Crippen LogP contribution in [0.15, 0.2) is 47.4 Å². The van der Waals surface area contributed by atoms with Crippen LogP contribution in [0.5, 0.6) is 11.5 Å². The molecule has 0 fully saturated rings. The number of amides is 1. The van der Waals surface area contributed by atoms with Crippen LogP contribution in [0.25, 0.3) is 0 Å². The number of carbonyl (C=O) groups is 1. The zero-order chi connectivity index (χ0) is 19.2. The van der Waals surface area contributed by atoms with Crippen LogP contribution in [0, 0.1) is 0 Å². The van der Waals surface area contributed by atoms with E-state index >= 15 is 0 Å². The van der Waals surface area contributed by atoms with Gasteiger partial charge >= 0.3 is 0 Å². The molecule has 1 amide bonds. The van der Waals surface area contributed by atoms with E-state index in [4.69, 9.17) is 9.47 Å². The number of likely N-dealkylation sites (N-methyl/N-ethyl adjacent to an activating group) is 2. The molecule has 0 aliphatic carbocycles. The second-order valence-electron chi connectivity index (χ2n) is 6.75. The Hall–Kier alpha value is -2.18. The van der Waals surface area contributed by atoms with Gasteiger partial charge in [0.05, 0.1) is 6.54 Å². The second-order valence-corrected chi connectivity index (χ2v) is 7.63. The first kappa shape index (κ1) is 19.6. The summed E-state index contributed by atoms with van der Waals surface area (Å²) in [5.41, 5.74) is 2.24. The van der Waals surface area contributed by atoms with Crippen molar-refractivity contribution in [2.24, 2.45) is 0 Å². The number of carbonyl (C=O) groups excluding carboxylic acids is 1. The zero-order valence-electron chi connectivity index (χ0n) is 16.1. The number of hydrogen-bond donors (Lipinski definition) is 0. The standard InChI is InChI=1S/C21H26N2O3S/c1-22(13-17-6-9-19-20(12-17)26-11-10-25-19)15-21(24)23(2)14-16-4-7-18(27-3)8-5-16/h4-9,12H,10-11,13-15H2,1-3H3. The first-order valence-electron chi connectivity index (χ1n) is 8.99. The maximum absolute atomic E-state index is 12.5. The Balaban J connectivity index is 1.51. The highest BCUT2D eigenvalue weighted by Crippen LogP contribution is 2.31. The van der Waals surface area contributed by atoms with Gasteiger partial charge in [-0.1, -0.05) is 18.2 Å². The van der Waals surface area contributed by atoms with E-state index < -0.39 is 0 Å². The van der Waals surface area contributed by atoms with Crippen molar-refractivity contribution in [1.29, 1.82) is 0 Å². The molecule has 0 saturated carbocycles. The Labute approximate surface area is 165 Å². The SMILES string of the molecule is CSc1ccc(CN(C)C(=O)CN(C)Cc2ccc3c(c2)OCCO3)cc1. The summed E-state index contributed by atoms with van der Waals surface area (Å²) in [5, 5.41) is 0. The quantitative estimate of drug-likeness (QED) is 0.683. The average Bonchev–Trinajstić information content (AvgIpc) is 2.68. The number of nitrogens with zero attached hydrogens (tertiary/aromatic N) is 2. The lowest BCUT2D eigenvalue weighted by Gasteiger charge is -2.23. The summed E-state index contributed by atoms with van der Waals surface area (Å²) >= 11 is 1.72. The molecule has 1 aliphatic rings. The Morgan fingerprint density at radius 1 is 0.963 bits per heavy atom. The van der Waals surface area contributed by atoms with Gasteiger partial charge in [-0.2, -0.15) is 0 Å². The third-order valence-electron chi connectivity index (χ3n) is 4.47. The van der Waals surface area contributed by atoms with E-state index in [1.165, 1.54) is 4.90 Å². The van der Waals surface area contributed by atoms with E-state index in [1.807, 2.05) is 37.2 Å². The Morgan fingerprint density at radius 3 is 2.33 bits per heavy atom. The van der Waals surface area contributed by atoms with E-state index in [-0.39, 0.29) is 5.91 Å². The van der Waals surface area contributed by atoms with Gasteiger partial charge in [-0.05, 0) is 48.7 Å². The molecule has 0 unspecified atom stereocenters. The second kappa shape index (κ2) is 9.15. The molecule has 0 aromatic heterocycles. The number of hydrogen-bond acceptors (Lipinski definition) is 5. The van der Waals surface area contributed by atoms with Crippen LogP contribution in [0.3, 0.4) is 0 Å². The number of ether oxygens (including phenoxy) is 2. The summed E-state index contributed by atoms with van der Waals surface area (Å²) in [6, 6.07) is 14.3. The molecule has 5 nitrogen and oxygen atoms in total. The van der Waals surface area contributed by atoms with Gasteiger partial charge in [-0.15, -0.1) is 11.8 Å². The zero-order valence-corrected chi connectivity index (χ0v) is 16.9. The van der Waals surface area contributed by atoms with E-state index in [0.29, 0.717) is 32.8 Å². The summed E-state index contributed by atoms with van der Waals surface area (Å²) < 4.78 is 11.2. The van der Waals surface area contributed by atoms with Crippen molar-refractivity contribution in [3.05, 3.63) is 53.6 Å². The van der Waals surface area contributed by atoms with Crippen molar-refractivity contribution in [2.45, 2.75) is 18.0 Å². The van der Waals surface area contributed by atoms with Gasteiger partial charge in [0, 0.05) is 25.0 Å². The normalized spacial score (nSPS) is 12.9. The van der Waals surface area contributed by atoms with Crippen LogP contribution in [0.2, 0.25) is 0 Å². The predicted molar refractivity (Wildman–Crippen MR) is 108 cm³/mol. The van der Waals surface area contributed by atoms with Gasteiger partial charge < -0.3 is 14.4 Å². The maximum atomic E-state index is 12.5. The molecule has 1 heterocycles. The maximum Gasteiger partial charge on any atom is 0.236 e. The lowest BCUT2D eigenvalue weighted by Crippen LogP contribution is -2.36. The van der Waals surface area contributed by atoms with E-state index in [1.54, 1.807) is 16.7 Å². The Morgan fingerprint density at radius 2 is 1.63 bits per heavy atom. The van der Waals surface area contributed by atoms with Crippen LogP contribution in [-0.4, -0.2) is 55.8 Å². The molecule has 0 saturated heterocycles. The molecule has 1 aliphatic heterocycles. The number of thioether (sulfide) groups is 1. The molecule has 2 aromatic carbocycles. The largest absolute Gasteiger partial charge is 0.486 e. The molecule has 0 bridgehead atoms. The van der Waals surface area contributed by atoms with Crippen molar-refractivity contribution in [3.8, 4) is 11.5 Å². The van der Waals surface area contributed by atoms with E-state index in [2.05, 4.69) is 30.5 Å². The highest BCUT2D eigenvalue weighted by atomic mass is 32.2. The van der Waals surface area contributed by atoms with Crippen molar-refractivity contribution >= 4 is 17.7 Å². The van der Waals surface area contributed by atoms with Crippen LogP contribution >= 0.6 is 11.8 Å². The Kier molecular flexibility index (Phi) is 6.63. The predicted octanol–water partition coefficient (Wildman–Crippen LogP) is 3.27. The lowest BCUT2D eigenvalue weighted by atomic mass is 10.2. The fraction of sp³-hybridized carbons (Fsp3) is 0.381. The molecule has 144 valence electrons. The molecule has 0 radical (unpaired) electrons. The lowest BCUT2D eigenvalue weighted by molar-refractivity contribution is -0.131. The van der Waals surface area contributed by atoms with Crippen LogP contribution in [0.4, 0.5) is 0 Å². The summed E-state index contributed by atoms with van der Waals surface area (Å²) in [7, 11) is 3.80. The fourth-order valence-electron chi connectivity index (χ4n) is 3.00. The highest BCUT2D eigenvalue weighted by Gasteiger charge is 2.15. The summed E-state index contributed by atoms with van der Waals surface area (Å²) in [5.74, 6) is 1.67. The highest BCUT2D eigenvalue weighted by molar-refractivity contribution is 7.98. The third-order valence-corrected chi connectivity index (χ3v) is 5.21. The van der Waals surface area contributed by atoms with E-state index in [0.717, 1.165) is 22.6 Å². The van der Waals surface area contributed by atoms with Crippen LogP contribution < -0.4 is 9.47 Å². The third kappa shape index (κ3) is 5.40. The summed E-state index contributed by atoms with van der Waals surface area (Å²) in [6.07, 6.45) is 2.06. The molecule has 0 N–H and O–H groups in total. The molecule has 2 aromatic rings. The minimum absolute atomic E-state index is 0.101. The summed E-state index contributed by atoms with van der Waals surface area (Å²) in [4.78, 5) is 17.6. The minimum Gasteiger partial charge on any atom is -0.486 e. The molecular formula is C21H26N2O3S. The summed E-state index contributed by atoms with van der Waals surface area (Å²) in [6.45, 7) is 2.83. The first-order chi connectivity index (χ1) is 13.0. The topological polar surface area (TPSA) is 42.0 Å². The molecular weight excluding hydrogens is 360 g/mol. The van der Waals surface area contributed by atoms with Crippen molar-refractivity contribution in [1.82, 2.24) is 9.80 Å². The number of benzene rings is 2. The van der Waals surface area contributed by atoms with Crippen LogP contribution in [-0.2, 0) is 17.9 Å². The van der Waals surface area contributed by atoms with Crippen molar-refractivity contribution in [3.63, 3.8) is 0 Å². The molecule has 3 rings (SSSR count). The number of fused-ring (bicyclic) bond motifs is 1. The van der Waals surface area contributed by atoms with Gasteiger partial charge in [0.15, 0.2) is 11.5 Å². The molecule has 27 heavy (non-hydrogen) atoms. The minimum atomic E-state index is 0.101. The molecule has 6 heteroatoms. The van der Waals surface area contributed by atoms with Gasteiger partial charge in [-0.3, -0.25) is 9.69 Å². The molecule has 0 atom stereocenters. The monoisotopic (exact) mass is 386 g/mol. The smallest absolute Gasteiger partial charge is 0.236 e. The molecule has 0 spiro atoms. The Bertz CT molecular complexity index is 779. The van der Waals surface area contributed by atoms with Gasteiger partial charge in [-0.25, -0.2) is 0 Å². The van der Waals surface area contributed by atoms with Gasteiger partial charge in [0.25, 0.3) is 0 Å². The van der Waals surface area contributed by atoms with Crippen molar-refractivity contribution < 1.29 is 14.3 Å². The van der Waals surface area contributed by atoms with Crippen molar-refractivity contribution in [2.75, 3.05) is 40.1 Å². The fourth-order valence-corrected chi connectivity index (χ4v) is 3.41. The van der Waals surface area contributed by atoms with Gasteiger partial charge in [0.1, 0.15) is 13.2 Å². The van der Waals surface area contributed by atoms with Crippen LogP contribution in [0.1, 0.15) is 11.1 Å². The van der Waals surface area contributed by atoms with E-state index in [9.17, 15) is 4.79 Å². The first-order valence-corrected chi connectivity index (χ1v) is 10.2. The number of rotatable bonds is 7. The van der Waals surface area contributed by atoms with Gasteiger partial charge in [0.2, 0.25) is 5.91 Å². The average molecular weight is 387 g/mol.